The van der Waals surface area contributed by atoms with E-state index in [0.29, 0.717) is 79.3 Å². The Bertz CT molecular complexity index is 1050. The third kappa shape index (κ3) is 12.3. The Kier molecular flexibility index (Phi) is 19.0. The maximum absolute atomic E-state index is 5.77. The summed E-state index contributed by atoms with van der Waals surface area (Å²) in [4.78, 5) is 0. The number of rotatable bonds is 18. The lowest BCUT2D eigenvalue weighted by atomic mass is 10.1. The van der Waals surface area contributed by atoms with Crippen LogP contribution < -0.4 is 0 Å². The number of ether oxygens (including phenoxy) is 15. The summed E-state index contributed by atoms with van der Waals surface area (Å²) in [6.45, 7) is 20.3. The van der Waals surface area contributed by atoms with Crippen LogP contribution in [-0.4, -0.2) is 199 Å². The molecule has 16 heteroatoms. The molecular weight excluding hydrogens is 707 g/mol. The van der Waals surface area contributed by atoms with Crippen LogP contribution >= 0.6 is 0 Å². The van der Waals surface area contributed by atoms with Crippen LogP contribution in [0.4, 0.5) is 0 Å². The van der Waals surface area contributed by atoms with E-state index in [0.717, 1.165) is 19.8 Å². The average Bonchev–Trinajstić information content (AvgIpc) is 4.09. The molecule has 54 heavy (non-hydrogen) atoms. The third-order valence-electron chi connectivity index (χ3n) is 9.87. The highest BCUT2D eigenvalue weighted by Crippen LogP contribution is 2.33. The largest absolute Gasteiger partial charge is 0.371 e. The summed E-state index contributed by atoms with van der Waals surface area (Å²) in [5, 5.41) is 0. The molecule has 9 saturated heterocycles. The van der Waals surface area contributed by atoms with Crippen molar-refractivity contribution in [3.05, 3.63) is 38.0 Å². The van der Waals surface area contributed by atoms with Crippen LogP contribution in [0.5, 0.6) is 0 Å². The minimum Gasteiger partial charge on any atom is -0.371 e. The fraction of sp³-hybridized carbons (Fsp3) is 0.842. The van der Waals surface area contributed by atoms with Crippen LogP contribution in [0.1, 0.15) is 14.9 Å². The van der Waals surface area contributed by atoms with E-state index < -0.39 is 0 Å². The molecule has 0 saturated carbocycles. The second-order valence-corrected chi connectivity index (χ2v) is 13.8. The van der Waals surface area contributed by atoms with Gasteiger partial charge in [-0.25, -0.2) is 0 Å². The normalized spacial score (nSPS) is 41.2. The molecule has 0 N–H and O–H groups in total. The number of epoxide rings is 3. The molecule has 0 amide bonds. The van der Waals surface area contributed by atoms with E-state index in [-0.39, 0.29) is 115 Å². The van der Waals surface area contributed by atoms with Gasteiger partial charge in [-0.2, -0.15) is 0 Å². The summed E-state index contributed by atoms with van der Waals surface area (Å²) < 4.78 is 83.6. The van der Waals surface area contributed by atoms with Crippen LogP contribution in [0.25, 0.3) is 0 Å². The Hall–Kier alpha value is -1.32. The number of fused-ring (bicyclic) bond motifs is 3. The summed E-state index contributed by atoms with van der Waals surface area (Å²) in [5.41, 5.74) is 0. The smallest absolute Gasteiger partial charge is 0.115 e. The first-order valence-electron chi connectivity index (χ1n) is 18.2. The molecule has 9 rings (SSSR count). The summed E-state index contributed by atoms with van der Waals surface area (Å²) >= 11 is 0. The highest BCUT2D eigenvalue weighted by molar-refractivity contribution is 5.75. The Labute approximate surface area is 322 Å². The molecule has 3 radical (unpaired) electrons. The second-order valence-electron chi connectivity index (χ2n) is 13.8. The van der Waals surface area contributed by atoms with E-state index in [1.165, 1.54) is 0 Å². The molecule has 307 valence electrons. The summed E-state index contributed by atoms with van der Waals surface area (Å²) in [5.74, 6) is 0. The zero-order valence-corrected chi connectivity index (χ0v) is 29.8. The van der Waals surface area contributed by atoms with Gasteiger partial charge in [0.2, 0.25) is 0 Å². The number of hydrogen-bond acceptors (Lipinski definition) is 15. The molecule has 0 aromatic rings. The van der Waals surface area contributed by atoms with Crippen molar-refractivity contribution in [3.8, 4) is 0 Å². The van der Waals surface area contributed by atoms with Gasteiger partial charge in [0.25, 0.3) is 0 Å². The van der Waals surface area contributed by atoms with Crippen molar-refractivity contribution in [1.29, 1.82) is 0 Å². The van der Waals surface area contributed by atoms with Gasteiger partial charge in [-0.15, -0.1) is 19.7 Å². The summed E-state index contributed by atoms with van der Waals surface area (Å²) in [6, 6.07) is 0. The van der Waals surface area contributed by atoms with Crippen LogP contribution in [0.2, 0.25) is 0 Å². The molecule has 0 aromatic heterocycles. The van der Waals surface area contributed by atoms with Crippen molar-refractivity contribution < 1.29 is 71.1 Å². The van der Waals surface area contributed by atoms with Crippen LogP contribution in [0.15, 0.2) is 38.0 Å². The van der Waals surface area contributed by atoms with E-state index in [4.69, 9.17) is 71.1 Å². The predicted octanol–water partition coefficient (Wildman–Crippen LogP) is 1.31. The minimum absolute atomic E-state index is 0. The van der Waals surface area contributed by atoms with Crippen molar-refractivity contribution in [1.82, 2.24) is 0 Å². The zero-order chi connectivity index (χ0) is 35.0. The van der Waals surface area contributed by atoms with Gasteiger partial charge < -0.3 is 71.1 Å². The zero-order valence-electron chi connectivity index (χ0n) is 29.8. The van der Waals surface area contributed by atoms with Gasteiger partial charge in [0.15, 0.2) is 0 Å². The molecule has 15 nitrogen and oxygen atoms in total. The Balaban J connectivity index is 0.000000176. The van der Waals surface area contributed by atoms with Crippen molar-refractivity contribution >= 4 is 8.41 Å². The third-order valence-corrected chi connectivity index (χ3v) is 9.87. The van der Waals surface area contributed by atoms with E-state index in [1.54, 1.807) is 18.2 Å². The van der Waals surface area contributed by atoms with Crippen molar-refractivity contribution in [2.45, 2.75) is 106 Å². The van der Waals surface area contributed by atoms with Crippen LogP contribution in [-0.2, 0) is 71.1 Å². The first-order valence-corrected chi connectivity index (χ1v) is 18.2. The lowest BCUT2D eigenvalue weighted by Gasteiger charge is -2.16. The monoisotopic (exact) mass is 769 g/mol. The highest BCUT2D eigenvalue weighted by Gasteiger charge is 2.51. The van der Waals surface area contributed by atoms with Gasteiger partial charge in [-0.3, -0.25) is 0 Å². The maximum atomic E-state index is 5.77. The average molecular weight is 770 g/mol. The molecule has 0 spiro atoms. The standard InChI is InChI=1S/C12H18O6.C12H18O5.C12H18O4.2CH4.B/c1-7(13-1)3-15-9-5-17-12-10(6-18-11(9)12)16-4-8-2-14-8;1-2-3-13-9-6-16-12-10(7-17-11(9)12)15-5-8-4-14-8;1-3-5-13-9-7-15-12-10(14-6-4-2)8-16-11(9)12;;;/h7-12H,1-6H2;2,8-12H,1,3-7H2;3-4,9-12H,1-2,5-8H2;2*1H4;/t7?,8?,9-,10+,11-,12-;8?,9-,10+,11-,12-;9-,10+,11-,12-;;;/m111.../s1. The molecule has 9 aliphatic heterocycles. The topological polar surface area (TPSA) is 148 Å². The second kappa shape index (κ2) is 22.6. The molecule has 0 aliphatic carbocycles. The summed E-state index contributed by atoms with van der Waals surface area (Å²) in [6.07, 6.45) is 6.11. The minimum atomic E-state index is -0.00485. The molecule has 15 atom stereocenters. The van der Waals surface area contributed by atoms with Gasteiger partial charge in [-0.1, -0.05) is 33.1 Å². The van der Waals surface area contributed by atoms with Gasteiger partial charge in [-0.05, 0) is 0 Å². The lowest BCUT2D eigenvalue weighted by molar-refractivity contribution is -0.0541. The van der Waals surface area contributed by atoms with E-state index in [1.807, 2.05) is 0 Å². The SMILES string of the molecule is C.C.C1OC1CO[C@H]1CO[C@H]2[C@@H]1OC[C@H]2OCC1CO1.C=CCO[C@@H]1CO[C@H]2[C@@H]1OC[C@@H]2OCC1CO1.C=CCO[C@H]1CO[C@H]2[C@@H]1OC[C@H]2OCC=C.[B]. The fourth-order valence-corrected chi connectivity index (χ4v) is 6.91. The van der Waals surface area contributed by atoms with Crippen molar-refractivity contribution in [2.24, 2.45) is 0 Å². The maximum Gasteiger partial charge on any atom is 0.115 e. The van der Waals surface area contributed by atoms with Crippen LogP contribution in [0, 0.1) is 0 Å². The van der Waals surface area contributed by atoms with Gasteiger partial charge >= 0.3 is 0 Å². The Morgan fingerprint density at radius 2 is 0.556 bits per heavy atom. The molecule has 3 unspecified atom stereocenters. The highest BCUT2D eigenvalue weighted by atomic mass is 16.7. The van der Waals surface area contributed by atoms with E-state index in [2.05, 4.69) is 19.7 Å². The molecule has 9 fully saturated rings. The number of hydrogen-bond donors (Lipinski definition) is 0. The first-order chi connectivity index (χ1) is 25.1. The van der Waals surface area contributed by atoms with E-state index in [9.17, 15) is 0 Å². The molecule has 0 aromatic carbocycles. The Morgan fingerprint density at radius 1 is 0.352 bits per heavy atom. The first kappa shape index (κ1) is 45.4. The van der Waals surface area contributed by atoms with Gasteiger partial charge in [0.1, 0.15) is 91.6 Å². The summed E-state index contributed by atoms with van der Waals surface area (Å²) in [7, 11) is 0. The molecule has 9 aliphatic rings. The quantitative estimate of drug-likeness (QED) is 0.112. The van der Waals surface area contributed by atoms with Crippen molar-refractivity contribution in [3.63, 3.8) is 0 Å². The Morgan fingerprint density at radius 3 is 0.741 bits per heavy atom. The van der Waals surface area contributed by atoms with Gasteiger partial charge in [0, 0.05) is 8.41 Å². The van der Waals surface area contributed by atoms with E-state index >= 15 is 0 Å². The van der Waals surface area contributed by atoms with Gasteiger partial charge in [0.05, 0.1) is 99.1 Å². The molecule has 9 heterocycles. The fourth-order valence-electron chi connectivity index (χ4n) is 6.91. The molecular formula is C38H62BO15. The predicted molar refractivity (Wildman–Crippen MR) is 196 cm³/mol. The van der Waals surface area contributed by atoms with Crippen LogP contribution in [0.3, 0.4) is 0 Å². The lowest BCUT2D eigenvalue weighted by Crippen LogP contribution is -2.35. The van der Waals surface area contributed by atoms with Crippen molar-refractivity contribution in [2.75, 3.05) is 99.1 Å². The molecule has 0 bridgehead atoms.